The van der Waals surface area contributed by atoms with Crippen LogP contribution in [0.4, 0.5) is 0 Å². The number of aliphatic hydroxyl groups excluding tert-OH is 1. The minimum Gasteiger partial charge on any atom is -0.512 e. The second-order valence-corrected chi connectivity index (χ2v) is 3.65. The lowest BCUT2D eigenvalue weighted by Gasteiger charge is -2.02. The van der Waals surface area contributed by atoms with Crippen LogP contribution in [0, 0.1) is 5.92 Å². The average Bonchev–Trinajstić information content (AvgIpc) is 1.98. The Morgan fingerprint density at radius 1 is 1.46 bits per heavy atom. The number of allylic oxidation sites excluding steroid dienone is 4. The molecule has 1 unspecified atom stereocenters. The van der Waals surface area contributed by atoms with Gasteiger partial charge >= 0.3 is 0 Å². The fraction of sp³-hybridized carbons (Fsp3) is 0.500. The van der Waals surface area contributed by atoms with Crippen molar-refractivity contribution in [2.75, 3.05) is 0 Å². The molecule has 0 aliphatic heterocycles. The third-order valence-corrected chi connectivity index (χ3v) is 1.84. The summed E-state index contributed by atoms with van der Waals surface area (Å²) in [7, 11) is 0. The molecule has 0 rings (SSSR count). The van der Waals surface area contributed by atoms with E-state index in [9.17, 15) is 9.32 Å². The van der Waals surface area contributed by atoms with Crippen molar-refractivity contribution in [3.63, 3.8) is 0 Å². The van der Waals surface area contributed by atoms with Crippen LogP contribution in [0.3, 0.4) is 0 Å². The molecule has 0 saturated heterocycles. The Kier molecular flexibility index (Phi) is 5.41. The van der Waals surface area contributed by atoms with Crippen molar-refractivity contribution in [3.05, 3.63) is 23.6 Å². The van der Waals surface area contributed by atoms with E-state index in [1.54, 1.807) is 13.0 Å². The maximum atomic E-state index is 10.3. The van der Waals surface area contributed by atoms with Gasteiger partial charge in [-0.15, -0.1) is 0 Å². The lowest BCUT2D eigenvalue weighted by Crippen LogP contribution is -2.12. The van der Waals surface area contributed by atoms with Crippen LogP contribution >= 0.6 is 0 Å². The summed E-state index contributed by atoms with van der Waals surface area (Å²) < 4.78 is 21.0. The van der Waals surface area contributed by atoms with Crippen molar-refractivity contribution < 1.29 is 13.9 Å². The second-order valence-electron chi connectivity index (χ2n) is 2.95. The van der Waals surface area contributed by atoms with Gasteiger partial charge in [0.15, 0.2) is 0 Å². The van der Waals surface area contributed by atoms with Gasteiger partial charge in [-0.2, -0.15) is 0 Å². The summed E-state index contributed by atoms with van der Waals surface area (Å²) in [6.07, 6.45) is 3.04. The van der Waals surface area contributed by atoms with E-state index >= 15 is 0 Å². The van der Waals surface area contributed by atoms with Gasteiger partial charge in [0, 0.05) is 11.6 Å². The van der Waals surface area contributed by atoms with Gasteiger partial charge in [-0.05, 0) is 19.1 Å². The van der Waals surface area contributed by atoms with Crippen molar-refractivity contribution in [1.82, 2.24) is 4.72 Å². The van der Waals surface area contributed by atoms with Gasteiger partial charge in [-0.25, -0.2) is 4.21 Å². The van der Waals surface area contributed by atoms with Gasteiger partial charge in [0.05, 0.1) is 5.76 Å². The topological polar surface area (TPSA) is 69.6 Å². The van der Waals surface area contributed by atoms with E-state index in [1.807, 2.05) is 13.8 Å². The van der Waals surface area contributed by atoms with Crippen LogP contribution in [-0.2, 0) is 11.3 Å². The number of hydrogen-bond donors (Lipinski definition) is 3. The Hall–Kier alpha value is -0.810. The van der Waals surface area contributed by atoms with Gasteiger partial charge in [-0.1, -0.05) is 13.8 Å². The molecule has 0 aromatic carbocycles. The zero-order chi connectivity index (χ0) is 10.4. The fourth-order valence-corrected chi connectivity index (χ4v) is 0.918. The molecule has 3 N–H and O–H groups in total. The monoisotopic (exact) mass is 205 g/mol. The largest absolute Gasteiger partial charge is 0.512 e. The van der Waals surface area contributed by atoms with Crippen LogP contribution < -0.4 is 4.72 Å². The van der Waals surface area contributed by atoms with Crippen molar-refractivity contribution in [1.29, 1.82) is 0 Å². The third-order valence-electron chi connectivity index (χ3n) is 1.34. The first kappa shape index (κ1) is 12.2. The normalized spacial score (nSPS) is 16.1. The minimum absolute atomic E-state index is 0.0590. The zero-order valence-electron chi connectivity index (χ0n) is 7.94. The molecule has 0 aliphatic rings. The number of nitrogens with one attached hydrogen (secondary N) is 1. The summed E-state index contributed by atoms with van der Waals surface area (Å²) >= 11 is -2.05. The van der Waals surface area contributed by atoms with Crippen LogP contribution in [0.15, 0.2) is 23.6 Å². The van der Waals surface area contributed by atoms with Gasteiger partial charge in [-0.3, -0.25) is 9.27 Å². The predicted octanol–water partition coefficient (Wildman–Crippen LogP) is 1.71. The van der Waals surface area contributed by atoms with E-state index in [0.29, 0.717) is 5.70 Å². The van der Waals surface area contributed by atoms with E-state index in [-0.39, 0.29) is 11.7 Å². The molecule has 0 aliphatic carbocycles. The van der Waals surface area contributed by atoms with Crippen molar-refractivity contribution >= 4 is 11.3 Å². The Labute approximate surface area is 80.8 Å². The molecule has 5 heteroatoms. The SMILES string of the molecule is C/C(=C\C=C(\O)C(C)C)NS(=O)O. The molecule has 0 spiro atoms. The van der Waals surface area contributed by atoms with Gasteiger partial charge in [0.25, 0.3) is 11.3 Å². The Morgan fingerprint density at radius 3 is 2.38 bits per heavy atom. The Balaban J connectivity index is 4.24. The van der Waals surface area contributed by atoms with Crippen molar-refractivity contribution in [2.45, 2.75) is 20.8 Å². The average molecular weight is 205 g/mol. The Morgan fingerprint density at radius 2 is 2.00 bits per heavy atom. The van der Waals surface area contributed by atoms with E-state index < -0.39 is 11.3 Å². The van der Waals surface area contributed by atoms with Crippen LogP contribution in [0.25, 0.3) is 0 Å². The summed E-state index contributed by atoms with van der Waals surface area (Å²) in [5.41, 5.74) is 0.521. The summed E-state index contributed by atoms with van der Waals surface area (Å²) in [4.78, 5) is 0. The number of aliphatic hydroxyl groups is 1. The highest BCUT2D eigenvalue weighted by molar-refractivity contribution is 7.77. The molecule has 76 valence electrons. The summed E-state index contributed by atoms with van der Waals surface area (Å²) in [6.45, 7) is 5.34. The first-order valence-electron chi connectivity index (χ1n) is 3.88. The molecule has 0 amide bonds. The molecule has 0 bridgehead atoms. The van der Waals surface area contributed by atoms with Gasteiger partial charge in [0.1, 0.15) is 0 Å². The quantitative estimate of drug-likeness (QED) is 0.372. The molecule has 0 saturated carbocycles. The first-order chi connectivity index (χ1) is 5.93. The highest BCUT2D eigenvalue weighted by atomic mass is 32.2. The maximum Gasteiger partial charge on any atom is 0.258 e. The molecule has 0 fully saturated rings. The highest BCUT2D eigenvalue weighted by Crippen LogP contribution is 2.05. The predicted molar refractivity (Wildman–Crippen MR) is 53.2 cm³/mol. The molecule has 4 nitrogen and oxygen atoms in total. The van der Waals surface area contributed by atoms with Crippen molar-refractivity contribution in [2.24, 2.45) is 5.92 Å². The third kappa shape index (κ3) is 6.36. The fourth-order valence-electron chi connectivity index (χ4n) is 0.575. The standard InChI is InChI=1S/C8H15NO3S/c1-6(2)8(10)5-4-7(3)9-13(11)12/h4-6,9-10H,1-3H3,(H,11,12)/b7-4+,8-5+. The van der Waals surface area contributed by atoms with Gasteiger partial charge < -0.3 is 5.11 Å². The molecule has 13 heavy (non-hydrogen) atoms. The Bertz CT molecular complexity index is 246. The van der Waals surface area contributed by atoms with E-state index in [2.05, 4.69) is 4.72 Å². The van der Waals surface area contributed by atoms with Crippen LogP contribution in [0.2, 0.25) is 0 Å². The molecule has 0 aromatic heterocycles. The minimum atomic E-state index is -2.05. The maximum absolute atomic E-state index is 10.3. The molecular formula is C8H15NO3S. The molecular weight excluding hydrogens is 190 g/mol. The molecule has 0 radical (unpaired) electrons. The zero-order valence-corrected chi connectivity index (χ0v) is 8.76. The van der Waals surface area contributed by atoms with Crippen LogP contribution in [0.5, 0.6) is 0 Å². The first-order valence-corrected chi connectivity index (χ1v) is 4.99. The lowest BCUT2D eigenvalue weighted by molar-refractivity contribution is 0.352. The number of hydrogen-bond acceptors (Lipinski definition) is 2. The molecule has 0 heterocycles. The lowest BCUT2D eigenvalue weighted by atomic mass is 10.1. The van der Waals surface area contributed by atoms with Gasteiger partial charge in [0.2, 0.25) is 0 Å². The van der Waals surface area contributed by atoms with Crippen molar-refractivity contribution in [3.8, 4) is 0 Å². The highest BCUT2D eigenvalue weighted by Gasteiger charge is 1.97. The summed E-state index contributed by atoms with van der Waals surface area (Å²) in [5, 5.41) is 9.26. The molecule has 1 atom stereocenters. The second kappa shape index (κ2) is 5.77. The van der Waals surface area contributed by atoms with E-state index in [1.165, 1.54) is 6.08 Å². The summed E-state index contributed by atoms with van der Waals surface area (Å²) in [5.74, 6) is 0.300. The van der Waals surface area contributed by atoms with Crippen LogP contribution in [-0.4, -0.2) is 13.9 Å². The smallest absolute Gasteiger partial charge is 0.258 e. The molecule has 0 aromatic rings. The summed E-state index contributed by atoms with van der Waals surface area (Å²) in [6, 6.07) is 0. The van der Waals surface area contributed by atoms with E-state index in [0.717, 1.165) is 0 Å². The van der Waals surface area contributed by atoms with E-state index in [4.69, 9.17) is 4.55 Å². The van der Waals surface area contributed by atoms with Crippen LogP contribution in [0.1, 0.15) is 20.8 Å². The number of rotatable bonds is 4.